The summed E-state index contributed by atoms with van der Waals surface area (Å²) in [4.78, 5) is 10.5. The first kappa shape index (κ1) is 23.0. The second kappa shape index (κ2) is 11.7. The Hall–Kier alpha value is -1.27. The third kappa shape index (κ3) is 7.28. The number of aliphatic hydroxyl groups excluding tert-OH is 1. The van der Waals surface area contributed by atoms with Crippen LogP contribution in [-0.4, -0.2) is 41.4 Å². The highest BCUT2D eigenvalue weighted by Crippen LogP contribution is 2.39. The normalized spacial score (nSPS) is 24.7. The minimum Gasteiger partial charge on any atom is -0.493 e. The monoisotopic (exact) mass is 430 g/mol. The van der Waals surface area contributed by atoms with Gasteiger partial charge >= 0.3 is 5.97 Å². The Balaban J connectivity index is 1.91. The molecule has 0 aromatic heterocycles. The number of carboxylic acids is 1. The quantitative estimate of drug-likeness (QED) is 0.303. The number of alkyl halides is 1. The zero-order valence-electron chi connectivity index (χ0n) is 16.0. The molecule has 0 saturated heterocycles. The molecule has 0 unspecified atom stereocenters. The molecule has 1 aliphatic rings. The molecule has 0 bridgehead atoms. The van der Waals surface area contributed by atoms with E-state index < -0.39 is 12.1 Å². The molecule has 0 radical (unpaired) electrons. The molecular weight excluding hydrogens is 403 g/mol. The number of aliphatic hydroxyl groups is 1. The number of benzene rings is 1. The van der Waals surface area contributed by atoms with E-state index in [2.05, 4.69) is 0 Å². The van der Waals surface area contributed by atoms with Crippen LogP contribution in [0.3, 0.4) is 0 Å². The summed E-state index contributed by atoms with van der Waals surface area (Å²) in [5.41, 5.74) is 0.924. The number of methoxy groups -OCH3 is 1. The van der Waals surface area contributed by atoms with E-state index in [0.717, 1.165) is 18.4 Å². The molecule has 0 amide bonds. The first-order valence-electron chi connectivity index (χ1n) is 9.50. The van der Waals surface area contributed by atoms with Crippen molar-refractivity contribution in [1.82, 2.24) is 0 Å². The van der Waals surface area contributed by atoms with E-state index in [4.69, 9.17) is 37.8 Å². The van der Waals surface area contributed by atoms with Gasteiger partial charge in [-0.15, -0.1) is 11.6 Å². The summed E-state index contributed by atoms with van der Waals surface area (Å²) in [5, 5.41) is 19.5. The number of ether oxygens (including phenoxy) is 2. The minimum atomic E-state index is -0.778. The lowest BCUT2D eigenvalue weighted by atomic mass is 9.92. The van der Waals surface area contributed by atoms with Crippen LogP contribution >= 0.6 is 23.2 Å². The van der Waals surface area contributed by atoms with Gasteiger partial charge < -0.3 is 19.7 Å². The van der Waals surface area contributed by atoms with Gasteiger partial charge in [0.2, 0.25) is 0 Å². The van der Waals surface area contributed by atoms with Gasteiger partial charge in [0.25, 0.3) is 0 Å². The Morgan fingerprint density at radius 1 is 1.29 bits per heavy atom. The van der Waals surface area contributed by atoms with Crippen molar-refractivity contribution in [3.05, 3.63) is 40.9 Å². The van der Waals surface area contributed by atoms with E-state index in [9.17, 15) is 9.90 Å². The maximum atomic E-state index is 10.5. The summed E-state index contributed by atoms with van der Waals surface area (Å²) in [7, 11) is 1.62. The van der Waals surface area contributed by atoms with Gasteiger partial charge in [0, 0.05) is 29.8 Å². The lowest BCUT2D eigenvalue weighted by Crippen LogP contribution is -2.27. The molecule has 7 heteroatoms. The van der Waals surface area contributed by atoms with Crippen molar-refractivity contribution in [1.29, 1.82) is 0 Å². The number of allylic oxidation sites excluding steroid dienone is 2. The lowest BCUT2D eigenvalue weighted by Gasteiger charge is -2.23. The van der Waals surface area contributed by atoms with Crippen molar-refractivity contribution < 1.29 is 24.5 Å². The number of hydrogen-bond donors (Lipinski definition) is 2. The Morgan fingerprint density at radius 2 is 2.07 bits per heavy atom. The van der Waals surface area contributed by atoms with E-state index in [1.54, 1.807) is 13.2 Å². The second-order valence-electron chi connectivity index (χ2n) is 7.18. The third-order valence-electron chi connectivity index (χ3n) is 5.00. The molecule has 1 aliphatic carbocycles. The topological polar surface area (TPSA) is 76.0 Å². The van der Waals surface area contributed by atoms with Crippen LogP contribution in [0.2, 0.25) is 5.02 Å². The average molecular weight is 431 g/mol. The maximum Gasteiger partial charge on any atom is 0.303 e. The van der Waals surface area contributed by atoms with Crippen molar-refractivity contribution in [2.24, 2.45) is 11.8 Å². The van der Waals surface area contributed by atoms with Gasteiger partial charge in [-0.1, -0.05) is 23.8 Å². The van der Waals surface area contributed by atoms with Gasteiger partial charge in [0.1, 0.15) is 5.75 Å². The highest BCUT2D eigenvalue weighted by molar-refractivity contribution is 6.30. The van der Waals surface area contributed by atoms with Crippen LogP contribution in [0.25, 0.3) is 0 Å². The van der Waals surface area contributed by atoms with Crippen molar-refractivity contribution >= 4 is 29.2 Å². The molecule has 1 aromatic rings. The number of carboxylic acid groups (broad SMARTS) is 1. The minimum absolute atomic E-state index is 0.0731. The molecule has 156 valence electrons. The Bertz CT molecular complexity index is 664. The fraction of sp³-hybridized carbons (Fsp3) is 0.571. The molecule has 1 saturated carbocycles. The summed E-state index contributed by atoms with van der Waals surface area (Å²) < 4.78 is 11.1. The number of carbonyl (C=O) groups is 1. The first-order valence-corrected chi connectivity index (χ1v) is 10.3. The van der Waals surface area contributed by atoms with E-state index >= 15 is 0 Å². The van der Waals surface area contributed by atoms with E-state index in [1.165, 1.54) is 0 Å². The van der Waals surface area contributed by atoms with E-state index in [1.807, 2.05) is 24.3 Å². The molecule has 0 aliphatic heterocycles. The van der Waals surface area contributed by atoms with Crippen LogP contribution in [0, 0.1) is 11.8 Å². The Morgan fingerprint density at radius 3 is 2.79 bits per heavy atom. The zero-order chi connectivity index (χ0) is 20.5. The van der Waals surface area contributed by atoms with Gasteiger partial charge in [-0.05, 0) is 55.4 Å². The number of unbranched alkanes of at least 4 members (excludes halogenated alkanes) is 1. The average Bonchev–Trinajstić information content (AvgIpc) is 2.88. The molecule has 4 atom stereocenters. The maximum absolute atomic E-state index is 10.5. The van der Waals surface area contributed by atoms with Crippen molar-refractivity contribution in [3.8, 4) is 5.75 Å². The molecule has 28 heavy (non-hydrogen) atoms. The Kier molecular flexibility index (Phi) is 9.59. The number of aliphatic carboxylic acids is 1. The Labute approximate surface area is 176 Å². The highest BCUT2D eigenvalue weighted by atomic mass is 35.5. The summed E-state index contributed by atoms with van der Waals surface area (Å²) in [5.74, 6) is -0.103. The number of halogens is 2. The number of rotatable bonds is 11. The van der Waals surface area contributed by atoms with Crippen LogP contribution in [0.4, 0.5) is 0 Å². The van der Waals surface area contributed by atoms with Gasteiger partial charge in [0.05, 0.1) is 19.3 Å². The lowest BCUT2D eigenvalue weighted by molar-refractivity contribution is -0.137. The predicted molar refractivity (Wildman–Crippen MR) is 110 cm³/mol. The van der Waals surface area contributed by atoms with Gasteiger partial charge in [-0.25, -0.2) is 0 Å². The SMILES string of the molecule is COCc1cc(Cl)cc(OC[C@@H]2[C@@H](CC=CCCCC(=O)O)[C@H](Cl)C[C@H]2O)c1. The number of hydrogen-bond acceptors (Lipinski definition) is 4. The summed E-state index contributed by atoms with van der Waals surface area (Å²) in [6, 6.07) is 5.46. The van der Waals surface area contributed by atoms with Gasteiger partial charge in [-0.3, -0.25) is 4.79 Å². The van der Waals surface area contributed by atoms with Gasteiger partial charge in [-0.2, -0.15) is 0 Å². The third-order valence-corrected chi connectivity index (χ3v) is 5.72. The molecule has 2 rings (SSSR count). The summed E-state index contributed by atoms with van der Waals surface area (Å²) in [6.45, 7) is 0.802. The highest BCUT2D eigenvalue weighted by Gasteiger charge is 2.41. The van der Waals surface area contributed by atoms with Crippen molar-refractivity contribution in [3.63, 3.8) is 0 Å². The van der Waals surface area contributed by atoms with Crippen LogP contribution < -0.4 is 4.74 Å². The van der Waals surface area contributed by atoms with Crippen molar-refractivity contribution in [2.45, 2.75) is 50.2 Å². The molecule has 1 aromatic carbocycles. The summed E-state index contributed by atoms with van der Waals surface area (Å²) >= 11 is 12.6. The van der Waals surface area contributed by atoms with Crippen LogP contribution in [-0.2, 0) is 16.1 Å². The molecule has 2 N–H and O–H groups in total. The van der Waals surface area contributed by atoms with E-state index in [-0.39, 0.29) is 23.6 Å². The standard InChI is InChI=1S/C21H28Cl2O5/c1-27-12-14-8-15(22)10-16(9-14)28-13-18-17(19(23)11-20(18)24)6-4-2-3-5-7-21(25)26/h2,4,8-10,17-20,24H,3,5-7,11-13H2,1H3,(H,25,26)/t17-,18-,19-,20-/m1/s1. The van der Waals surface area contributed by atoms with Crippen LogP contribution in [0.5, 0.6) is 5.75 Å². The van der Waals surface area contributed by atoms with Gasteiger partial charge in [0.15, 0.2) is 0 Å². The largest absolute Gasteiger partial charge is 0.493 e. The second-order valence-corrected chi connectivity index (χ2v) is 8.18. The van der Waals surface area contributed by atoms with Crippen LogP contribution in [0.15, 0.2) is 30.4 Å². The zero-order valence-corrected chi connectivity index (χ0v) is 17.5. The van der Waals surface area contributed by atoms with Crippen molar-refractivity contribution in [2.75, 3.05) is 13.7 Å². The van der Waals surface area contributed by atoms with E-state index in [0.29, 0.717) is 36.8 Å². The summed E-state index contributed by atoms with van der Waals surface area (Å²) in [6.07, 6.45) is 6.30. The predicted octanol–water partition coefficient (Wildman–Crippen LogP) is 4.67. The first-order chi connectivity index (χ1) is 13.4. The van der Waals surface area contributed by atoms with Crippen LogP contribution in [0.1, 0.15) is 37.7 Å². The smallest absolute Gasteiger partial charge is 0.303 e. The molecular formula is C21H28Cl2O5. The fourth-order valence-corrected chi connectivity index (χ4v) is 4.30. The molecule has 0 heterocycles. The molecule has 0 spiro atoms. The molecule has 5 nitrogen and oxygen atoms in total. The fourth-order valence-electron chi connectivity index (χ4n) is 3.58. The molecule has 1 fully saturated rings.